The SMILES string of the molecule is CC(C#N)CN[C@H](C)c1cccc(F)c1. The molecule has 3 heteroatoms. The van der Waals surface area contributed by atoms with Crippen molar-refractivity contribution in [3.05, 3.63) is 35.6 Å². The Morgan fingerprint density at radius 1 is 1.47 bits per heavy atom. The van der Waals surface area contributed by atoms with Gasteiger partial charge in [0.2, 0.25) is 0 Å². The van der Waals surface area contributed by atoms with Gasteiger partial charge in [0, 0.05) is 12.6 Å². The molecular weight excluding hydrogens is 191 g/mol. The van der Waals surface area contributed by atoms with Crippen LogP contribution in [0.4, 0.5) is 4.39 Å². The molecule has 15 heavy (non-hydrogen) atoms. The smallest absolute Gasteiger partial charge is 0.123 e. The number of hydrogen-bond acceptors (Lipinski definition) is 2. The summed E-state index contributed by atoms with van der Waals surface area (Å²) < 4.78 is 12.9. The molecule has 0 saturated carbocycles. The Kier molecular flexibility index (Phi) is 4.26. The third kappa shape index (κ3) is 3.69. The average Bonchev–Trinajstić information content (AvgIpc) is 2.25. The van der Waals surface area contributed by atoms with Crippen LogP contribution in [0.25, 0.3) is 0 Å². The van der Waals surface area contributed by atoms with Crippen LogP contribution in [0.3, 0.4) is 0 Å². The Morgan fingerprint density at radius 3 is 2.80 bits per heavy atom. The van der Waals surface area contributed by atoms with E-state index in [-0.39, 0.29) is 17.8 Å². The summed E-state index contributed by atoms with van der Waals surface area (Å²) >= 11 is 0. The summed E-state index contributed by atoms with van der Waals surface area (Å²) in [5.41, 5.74) is 0.903. The van der Waals surface area contributed by atoms with E-state index in [0.29, 0.717) is 6.54 Å². The first-order valence-electron chi connectivity index (χ1n) is 5.02. The van der Waals surface area contributed by atoms with Crippen LogP contribution in [0.2, 0.25) is 0 Å². The molecule has 0 aliphatic carbocycles. The highest BCUT2D eigenvalue weighted by molar-refractivity contribution is 5.19. The van der Waals surface area contributed by atoms with Gasteiger partial charge in [-0.1, -0.05) is 12.1 Å². The first kappa shape index (κ1) is 11.7. The van der Waals surface area contributed by atoms with Crippen molar-refractivity contribution < 1.29 is 4.39 Å². The molecule has 0 amide bonds. The number of benzene rings is 1. The molecule has 0 aliphatic rings. The van der Waals surface area contributed by atoms with Gasteiger partial charge in [-0.3, -0.25) is 0 Å². The molecule has 0 aliphatic heterocycles. The summed E-state index contributed by atoms with van der Waals surface area (Å²) in [5, 5.41) is 11.8. The summed E-state index contributed by atoms with van der Waals surface area (Å²) in [4.78, 5) is 0. The normalized spacial score (nSPS) is 14.3. The van der Waals surface area contributed by atoms with Gasteiger partial charge in [0.05, 0.1) is 12.0 Å². The van der Waals surface area contributed by atoms with Crippen LogP contribution in [-0.4, -0.2) is 6.54 Å². The fraction of sp³-hybridized carbons (Fsp3) is 0.417. The second kappa shape index (κ2) is 5.47. The molecule has 2 nitrogen and oxygen atoms in total. The lowest BCUT2D eigenvalue weighted by Gasteiger charge is -2.14. The second-order valence-corrected chi connectivity index (χ2v) is 3.72. The fourth-order valence-electron chi connectivity index (χ4n) is 1.29. The van der Waals surface area contributed by atoms with Gasteiger partial charge in [0.1, 0.15) is 5.82 Å². The molecule has 0 radical (unpaired) electrons. The van der Waals surface area contributed by atoms with Gasteiger partial charge < -0.3 is 5.32 Å². The molecule has 0 fully saturated rings. The first-order valence-corrected chi connectivity index (χ1v) is 5.02. The van der Waals surface area contributed by atoms with E-state index in [4.69, 9.17) is 5.26 Å². The van der Waals surface area contributed by atoms with Crippen molar-refractivity contribution in [1.82, 2.24) is 5.32 Å². The predicted molar refractivity (Wildman–Crippen MR) is 57.6 cm³/mol. The standard InChI is InChI=1S/C12H15FN2/c1-9(7-14)8-15-10(2)11-4-3-5-12(13)6-11/h3-6,9-10,15H,8H2,1-2H3/t9?,10-/m1/s1. The number of nitrogens with one attached hydrogen (secondary N) is 1. The van der Waals surface area contributed by atoms with Gasteiger partial charge in [0.15, 0.2) is 0 Å². The molecule has 80 valence electrons. The largest absolute Gasteiger partial charge is 0.309 e. The molecule has 0 saturated heterocycles. The summed E-state index contributed by atoms with van der Waals surface area (Å²) in [6, 6.07) is 8.71. The Labute approximate surface area is 89.7 Å². The van der Waals surface area contributed by atoms with Crippen LogP contribution in [0, 0.1) is 23.1 Å². The second-order valence-electron chi connectivity index (χ2n) is 3.72. The molecule has 1 rings (SSSR count). The molecule has 2 atom stereocenters. The number of nitriles is 1. The van der Waals surface area contributed by atoms with E-state index in [0.717, 1.165) is 5.56 Å². The van der Waals surface area contributed by atoms with Crippen LogP contribution in [0.5, 0.6) is 0 Å². The molecule has 1 aromatic rings. The average molecular weight is 206 g/mol. The topological polar surface area (TPSA) is 35.8 Å². The van der Waals surface area contributed by atoms with Gasteiger partial charge in [-0.25, -0.2) is 4.39 Å². The Balaban J connectivity index is 2.54. The van der Waals surface area contributed by atoms with E-state index in [1.54, 1.807) is 6.07 Å². The maximum Gasteiger partial charge on any atom is 0.123 e. The van der Waals surface area contributed by atoms with Crippen molar-refractivity contribution in [2.75, 3.05) is 6.54 Å². The minimum atomic E-state index is -0.227. The van der Waals surface area contributed by atoms with E-state index in [9.17, 15) is 4.39 Å². The van der Waals surface area contributed by atoms with Gasteiger partial charge in [-0.2, -0.15) is 5.26 Å². The predicted octanol–water partition coefficient (Wildman–Crippen LogP) is 2.64. The van der Waals surface area contributed by atoms with E-state index < -0.39 is 0 Å². The van der Waals surface area contributed by atoms with Crippen molar-refractivity contribution in [1.29, 1.82) is 5.26 Å². The summed E-state index contributed by atoms with van der Waals surface area (Å²) in [7, 11) is 0. The lowest BCUT2D eigenvalue weighted by atomic mass is 10.1. The van der Waals surface area contributed by atoms with Crippen molar-refractivity contribution in [2.24, 2.45) is 5.92 Å². The summed E-state index contributed by atoms with van der Waals surface area (Å²) in [6.45, 7) is 4.43. The first-order chi connectivity index (χ1) is 7.13. The minimum absolute atomic E-state index is 0.0268. The summed E-state index contributed by atoms with van der Waals surface area (Å²) in [5.74, 6) is -0.254. The zero-order chi connectivity index (χ0) is 11.3. The van der Waals surface area contributed by atoms with Crippen LogP contribution in [-0.2, 0) is 0 Å². The van der Waals surface area contributed by atoms with E-state index >= 15 is 0 Å². The number of hydrogen-bond donors (Lipinski definition) is 1. The van der Waals surface area contributed by atoms with Gasteiger partial charge >= 0.3 is 0 Å². The number of halogens is 1. The van der Waals surface area contributed by atoms with Crippen LogP contribution in [0.1, 0.15) is 25.5 Å². The lowest BCUT2D eigenvalue weighted by molar-refractivity contribution is 0.524. The fourth-order valence-corrected chi connectivity index (χ4v) is 1.29. The third-order valence-corrected chi connectivity index (χ3v) is 2.30. The Hall–Kier alpha value is -1.40. The molecule has 0 aromatic heterocycles. The zero-order valence-corrected chi connectivity index (χ0v) is 9.00. The zero-order valence-electron chi connectivity index (χ0n) is 9.00. The van der Waals surface area contributed by atoms with Crippen LogP contribution in [0.15, 0.2) is 24.3 Å². The highest BCUT2D eigenvalue weighted by Gasteiger charge is 2.07. The molecule has 1 aromatic carbocycles. The Bertz CT molecular complexity index is 357. The van der Waals surface area contributed by atoms with Crippen molar-refractivity contribution in [2.45, 2.75) is 19.9 Å². The maximum absolute atomic E-state index is 12.9. The maximum atomic E-state index is 12.9. The van der Waals surface area contributed by atoms with Gasteiger partial charge in [0.25, 0.3) is 0 Å². The molecule has 0 bridgehead atoms. The molecule has 1 unspecified atom stereocenters. The quantitative estimate of drug-likeness (QED) is 0.822. The van der Waals surface area contributed by atoms with Crippen molar-refractivity contribution >= 4 is 0 Å². The van der Waals surface area contributed by atoms with Crippen molar-refractivity contribution in [3.63, 3.8) is 0 Å². The lowest BCUT2D eigenvalue weighted by Crippen LogP contribution is -2.23. The molecule has 0 heterocycles. The number of rotatable bonds is 4. The van der Waals surface area contributed by atoms with E-state index in [1.807, 2.05) is 19.9 Å². The van der Waals surface area contributed by atoms with Gasteiger partial charge in [-0.15, -0.1) is 0 Å². The van der Waals surface area contributed by atoms with Gasteiger partial charge in [-0.05, 0) is 31.5 Å². The van der Waals surface area contributed by atoms with Crippen LogP contribution < -0.4 is 5.32 Å². The molecule has 1 N–H and O–H groups in total. The minimum Gasteiger partial charge on any atom is -0.309 e. The number of nitrogens with zero attached hydrogens (tertiary/aromatic N) is 1. The highest BCUT2D eigenvalue weighted by atomic mass is 19.1. The van der Waals surface area contributed by atoms with E-state index in [1.165, 1.54) is 12.1 Å². The Morgan fingerprint density at radius 2 is 2.20 bits per heavy atom. The van der Waals surface area contributed by atoms with Crippen molar-refractivity contribution in [3.8, 4) is 6.07 Å². The molecular formula is C12H15FN2. The monoisotopic (exact) mass is 206 g/mol. The van der Waals surface area contributed by atoms with E-state index in [2.05, 4.69) is 11.4 Å². The highest BCUT2D eigenvalue weighted by Crippen LogP contribution is 2.13. The molecule has 0 spiro atoms. The third-order valence-electron chi connectivity index (χ3n) is 2.30. The summed E-state index contributed by atoms with van der Waals surface area (Å²) in [6.07, 6.45) is 0. The van der Waals surface area contributed by atoms with Crippen LogP contribution >= 0.6 is 0 Å².